The lowest BCUT2D eigenvalue weighted by Gasteiger charge is -2.19. The topological polar surface area (TPSA) is 106 Å². The van der Waals surface area contributed by atoms with Gasteiger partial charge in [0, 0.05) is 16.8 Å². The summed E-state index contributed by atoms with van der Waals surface area (Å²) in [6.45, 7) is 11.1. The predicted molar refractivity (Wildman–Crippen MR) is 148 cm³/mol. The molecule has 0 radical (unpaired) electrons. The van der Waals surface area contributed by atoms with Crippen molar-refractivity contribution in [2.24, 2.45) is 0 Å². The Morgan fingerprint density at radius 3 is 1.89 bits per heavy atom. The van der Waals surface area contributed by atoms with Crippen molar-refractivity contribution in [3.8, 4) is 11.5 Å². The number of amides is 3. The van der Waals surface area contributed by atoms with Gasteiger partial charge in [-0.3, -0.25) is 25.2 Å². The molecule has 0 saturated heterocycles. The summed E-state index contributed by atoms with van der Waals surface area (Å²) in [5, 5.41) is 2.83. The molecule has 38 heavy (non-hydrogen) atoms. The van der Waals surface area contributed by atoms with Crippen LogP contribution in [0.4, 0.5) is 5.69 Å². The first-order chi connectivity index (χ1) is 18.1. The normalized spacial score (nSPS) is 10.9. The lowest BCUT2D eigenvalue weighted by molar-refractivity contribution is -0.121. The van der Waals surface area contributed by atoms with Gasteiger partial charge in [-0.25, -0.2) is 0 Å². The van der Waals surface area contributed by atoms with E-state index in [1.807, 2.05) is 26.0 Å². The second kappa shape index (κ2) is 12.8. The van der Waals surface area contributed by atoms with E-state index in [4.69, 9.17) is 9.47 Å². The maximum absolute atomic E-state index is 12.6. The fourth-order valence-electron chi connectivity index (χ4n) is 3.66. The smallest absolute Gasteiger partial charge is 0.269 e. The van der Waals surface area contributed by atoms with Gasteiger partial charge in [-0.2, -0.15) is 0 Å². The number of rotatable bonds is 9. The molecule has 3 aromatic carbocycles. The summed E-state index contributed by atoms with van der Waals surface area (Å²) in [5.41, 5.74) is 8.13. The van der Waals surface area contributed by atoms with E-state index in [9.17, 15) is 14.4 Å². The molecule has 0 fully saturated rings. The highest BCUT2D eigenvalue weighted by atomic mass is 16.5. The van der Waals surface area contributed by atoms with E-state index in [0.717, 1.165) is 11.1 Å². The molecule has 0 heterocycles. The second-order valence-corrected chi connectivity index (χ2v) is 9.69. The van der Waals surface area contributed by atoms with Crippen LogP contribution in [0.5, 0.6) is 11.5 Å². The molecule has 0 aliphatic heterocycles. The number of benzene rings is 3. The number of anilines is 1. The maximum Gasteiger partial charge on any atom is 0.269 e. The minimum atomic E-state index is -0.476. The first-order valence-corrected chi connectivity index (χ1v) is 12.6. The zero-order chi connectivity index (χ0) is 27.7. The molecule has 0 atom stereocenters. The van der Waals surface area contributed by atoms with Gasteiger partial charge in [0.2, 0.25) is 5.91 Å². The van der Waals surface area contributed by atoms with E-state index in [0.29, 0.717) is 41.5 Å². The van der Waals surface area contributed by atoms with E-state index in [1.165, 1.54) is 0 Å². The van der Waals surface area contributed by atoms with Crippen LogP contribution in [0, 0.1) is 0 Å². The zero-order valence-electron chi connectivity index (χ0n) is 22.5. The molecule has 3 rings (SSSR count). The highest BCUT2D eigenvalue weighted by molar-refractivity contribution is 6.04. The highest BCUT2D eigenvalue weighted by Gasteiger charge is 2.15. The van der Waals surface area contributed by atoms with Crippen molar-refractivity contribution in [3.63, 3.8) is 0 Å². The van der Waals surface area contributed by atoms with Gasteiger partial charge >= 0.3 is 0 Å². The van der Waals surface area contributed by atoms with Gasteiger partial charge in [-0.15, -0.1) is 0 Å². The van der Waals surface area contributed by atoms with Crippen LogP contribution < -0.4 is 25.6 Å². The third kappa shape index (κ3) is 7.83. The molecule has 0 saturated carbocycles. The Morgan fingerprint density at radius 1 is 0.711 bits per heavy atom. The molecular formula is C30H35N3O5. The van der Waals surface area contributed by atoms with Crippen molar-refractivity contribution in [2.75, 3.05) is 18.5 Å². The summed E-state index contributed by atoms with van der Waals surface area (Å²) >= 11 is 0. The lowest BCUT2D eigenvalue weighted by Crippen LogP contribution is -2.42. The lowest BCUT2D eigenvalue weighted by atomic mass is 9.87. The Morgan fingerprint density at radius 2 is 1.29 bits per heavy atom. The van der Waals surface area contributed by atoms with Crippen LogP contribution in [0.1, 0.15) is 66.5 Å². The Balaban J connectivity index is 1.52. The third-order valence-electron chi connectivity index (χ3n) is 5.71. The van der Waals surface area contributed by atoms with Crippen LogP contribution in [0.3, 0.4) is 0 Å². The van der Waals surface area contributed by atoms with Gasteiger partial charge in [0.05, 0.1) is 19.6 Å². The molecular weight excluding hydrogens is 482 g/mol. The van der Waals surface area contributed by atoms with E-state index >= 15 is 0 Å². The fraction of sp³-hybridized carbons (Fsp3) is 0.300. The van der Waals surface area contributed by atoms with Crippen molar-refractivity contribution in [3.05, 3.63) is 89.0 Å². The minimum absolute atomic E-state index is 0.00724. The molecule has 3 amide bonds. The second-order valence-electron chi connectivity index (χ2n) is 9.69. The average Bonchev–Trinajstić information content (AvgIpc) is 2.89. The monoisotopic (exact) mass is 517 g/mol. The quantitative estimate of drug-likeness (QED) is 0.345. The van der Waals surface area contributed by atoms with Crippen LogP contribution in [0.15, 0.2) is 66.7 Å². The Hall–Kier alpha value is -4.33. The van der Waals surface area contributed by atoms with Crippen molar-refractivity contribution in [1.82, 2.24) is 10.9 Å². The summed E-state index contributed by atoms with van der Waals surface area (Å²) < 4.78 is 11.1. The minimum Gasteiger partial charge on any atom is -0.490 e. The van der Waals surface area contributed by atoms with Crippen molar-refractivity contribution in [2.45, 2.75) is 46.5 Å². The molecule has 0 aromatic heterocycles. The summed E-state index contributed by atoms with van der Waals surface area (Å²) in [5.74, 6) is 0.0846. The van der Waals surface area contributed by atoms with E-state index in [-0.39, 0.29) is 23.7 Å². The largest absolute Gasteiger partial charge is 0.490 e. The SMILES string of the molecule is CCOc1ccc(CC(=O)NNC(=O)c2ccc(NC(=O)c3ccc(C(C)(C)C)cc3)cc2)cc1OCC. The van der Waals surface area contributed by atoms with Crippen LogP contribution in [0.2, 0.25) is 0 Å². The van der Waals surface area contributed by atoms with Crippen LogP contribution in [-0.4, -0.2) is 30.9 Å². The number of hydrogen-bond donors (Lipinski definition) is 3. The standard InChI is InChI=1S/C30H35N3O5/c1-6-37-25-17-8-20(18-26(25)38-7-2)19-27(34)32-33-29(36)22-11-15-24(16-12-22)31-28(35)21-9-13-23(14-10-21)30(3,4)5/h8-18H,6-7,19H2,1-5H3,(H,31,35)(H,32,34)(H,33,36). The number of carbonyl (C=O) groups excluding carboxylic acids is 3. The number of hydrogen-bond acceptors (Lipinski definition) is 5. The molecule has 200 valence electrons. The molecule has 0 unspecified atom stereocenters. The molecule has 0 aliphatic carbocycles. The number of hydrazine groups is 1. The van der Waals surface area contributed by atoms with Gasteiger partial charge in [-0.1, -0.05) is 39.0 Å². The van der Waals surface area contributed by atoms with Gasteiger partial charge < -0.3 is 14.8 Å². The van der Waals surface area contributed by atoms with Crippen LogP contribution >= 0.6 is 0 Å². The fourth-order valence-corrected chi connectivity index (χ4v) is 3.66. The van der Waals surface area contributed by atoms with Gasteiger partial charge in [0.1, 0.15) is 0 Å². The van der Waals surface area contributed by atoms with Crippen molar-refractivity contribution < 1.29 is 23.9 Å². The number of nitrogens with one attached hydrogen (secondary N) is 3. The summed E-state index contributed by atoms with van der Waals surface area (Å²) in [4.78, 5) is 37.4. The number of ether oxygens (including phenoxy) is 2. The Labute approximate surface area is 223 Å². The predicted octanol–water partition coefficient (Wildman–Crippen LogP) is 5.04. The molecule has 8 heteroatoms. The Kier molecular flexibility index (Phi) is 9.49. The average molecular weight is 518 g/mol. The summed E-state index contributed by atoms with van der Waals surface area (Å²) in [6, 6.07) is 19.2. The molecule has 3 N–H and O–H groups in total. The van der Waals surface area contributed by atoms with E-state index in [1.54, 1.807) is 54.6 Å². The number of carbonyl (C=O) groups is 3. The Bertz CT molecular complexity index is 1260. The molecule has 0 spiro atoms. The third-order valence-corrected chi connectivity index (χ3v) is 5.71. The van der Waals surface area contributed by atoms with Crippen LogP contribution in [0.25, 0.3) is 0 Å². The van der Waals surface area contributed by atoms with E-state index < -0.39 is 5.91 Å². The maximum atomic E-state index is 12.6. The van der Waals surface area contributed by atoms with Crippen molar-refractivity contribution >= 4 is 23.4 Å². The van der Waals surface area contributed by atoms with Gasteiger partial charge in [0.25, 0.3) is 11.8 Å². The van der Waals surface area contributed by atoms with Crippen molar-refractivity contribution in [1.29, 1.82) is 0 Å². The van der Waals surface area contributed by atoms with E-state index in [2.05, 4.69) is 36.9 Å². The summed E-state index contributed by atoms with van der Waals surface area (Å²) in [6.07, 6.45) is 0.0501. The highest BCUT2D eigenvalue weighted by Crippen LogP contribution is 2.28. The molecule has 0 aliphatic rings. The molecule has 8 nitrogen and oxygen atoms in total. The summed E-state index contributed by atoms with van der Waals surface area (Å²) in [7, 11) is 0. The molecule has 0 bridgehead atoms. The first-order valence-electron chi connectivity index (χ1n) is 12.6. The molecule has 3 aromatic rings. The zero-order valence-corrected chi connectivity index (χ0v) is 22.5. The van der Waals surface area contributed by atoms with Crippen LogP contribution in [-0.2, 0) is 16.6 Å². The first kappa shape index (κ1) is 28.2. The van der Waals surface area contributed by atoms with Gasteiger partial charge in [-0.05, 0) is 78.9 Å². The van der Waals surface area contributed by atoms with Gasteiger partial charge in [0.15, 0.2) is 11.5 Å².